The number of piperidine rings is 1. The Balaban J connectivity index is 0.00000133. The molecular formula is C15H27ClN2O. The first-order valence-corrected chi connectivity index (χ1v) is 7.85. The summed E-state index contributed by atoms with van der Waals surface area (Å²) in [7, 11) is 0. The van der Waals surface area contributed by atoms with Crippen LogP contribution in [0.2, 0.25) is 0 Å². The second-order valence-corrected chi connectivity index (χ2v) is 6.46. The molecule has 2 aliphatic carbocycles. The average Bonchev–Trinajstić information content (AvgIpc) is 3.20. The summed E-state index contributed by atoms with van der Waals surface area (Å²) < 4.78 is 0. The smallest absolute Gasteiger partial charge is 0.224 e. The van der Waals surface area contributed by atoms with Crippen LogP contribution in [-0.2, 0) is 4.79 Å². The van der Waals surface area contributed by atoms with Gasteiger partial charge in [0.15, 0.2) is 0 Å². The molecule has 0 aromatic rings. The van der Waals surface area contributed by atoms with E-state index >= 15 is 0 Å². The minimum Gasteiger partial charge on any atom is -0.353 e. The fraction of sp³-hybridized carbons (Fsp3) is 0.933. The lowest BCUT2D eigenvalue weighted by Gasteiger charge is -2.24. The molecule has 3 rings (SSSR count). The van der Waals surface area contributed by atoms with Gasteiger partial charge in [-0.25, -0.2) is 0 Å². The largest absolute Gasteiger partial charge is 0.353 e. The van der Waals surface area contributed by atoms with Crippen molar-refractivity contribution in [1.29, 1.82) is 0 Å². The van der Waals surface area contributed by atoms with Crippen LogP contribution < -0.4 is 10.6 Å². The van der Waals surface area contributed by atoms with Crippen LogP contribution in [0.25, 0.3) is 0 Å². The van der Waals surface area contributed by atoms with Crippen molar-refractivity contribution in [3.63, 3.8) is 0 Å². The van der Waals surface area contributed by atoms with Gasteiger partial charge in [0.05, 0.1) is 5.92 Å². The summed E-state index contributed by atoms with van der Waals surface area (Å²) in [4.78, 5) is 12.1. The summed E-state index contributed by atoms with van der Waals surface area (Å²) in [5.41, 5.74) is 0. The second-order valence-electron chi connectivity index (χ2n) is 6.46. The Morgan fingerprint density at radius 1 is 1.05 bits per heavy atom. The highest BCUT2D eigenvalue weighted by atomic mass is 35.5. The normalized spacial score (nSPS) is 35.3. The van der Waals surface area contributed by atoms with Gasteiger partial charge >= 0.3 is 0 Å². The van der Waals surface area contributed by atoms with E-state index in [2.05, 4.69) is 10.6 Å². The number of nitrogens with one attached hydrogen (secondary N) is 2. The van der Waals surface area contributed by atoms with Crippen LogP contribution in [0.5, 0.6) is 0 Å². The highest BCUT2D eigenvalue weighted by Crippen LogP contribution is 2.44. The molecule has 3 nitrogen and oxygen atoms in total. The average molecular weight is 287 g/mol. The molecule has 3 unspecified atom stereocenters. The zero-order chi connectivity index (χ0) is 12.4. The van der Waals surface area contributed by atoms with Crippen LogP contribution in [0, 0.1) is 17.8 Å². The Labute approximate surface area is 122 Å². The first-order chi connectivity index (χ1) is 8.84. The fourth-order valence-electron chi connectivity index (χ4n) is 3.84. The van der Waals surface area contributed by atoms with Crippen molar-refractivity contribution in [1.82, 2.24) is 10.6 Å². The summed E-state index contributed by atoms with van der Waals surface area (Å²) >= 11 is 0. The molecule has 0 radical (unpaired) electrons. The maximum absolute atomic E-state index is 12.1. The zero-order valence-electron chi connectivity index (χ0n) is 11.7. The minimum absolute atomic E-state index is 0. The summed E-state index contributed by atoms with van der Waals surface area (Å²) in [6, 6.07) is 0.516. The maximum Gasteiger partial charge on any atom is 0.224 e. The van der Waals surface area contributed by atoms with E-state index in [1.807, 2.05) is 0 Å². The van der Waals surface area contributed by atoms with E-state index in [0.717, 1.165) is 37.8 Å². The SMILES string of the molecule is Cl.O=C(NC1CC1C1CCCCC1)C1CCCNC1. The van der Waals surface area contributed by atoms with Crippen LogP contribution in [0.15, 0.2) is 0 Å². The van der Waals surface area contributed by atoms with Crippen molar-refractivity contribution in [3.05, 3.63) is 0 Å². The number of carbonyl (C=O) groups excluding carboxylic acids is 1. The molecule has 2 N–H and O–H groups in total. The molecule has 1 amide bonds. The number of carbonyl (C=O) groups is 1. The molecule has 0 spiro atoms. The summed E-state index contributed by atoms with van der Waals surface area (Å²) in [6.45, 7) is 1.96. The topological polar surface area (TPSA) is 41.1 Å². The Hall–Kier alpha value is -0.280. The molecule has 3 fully saturated rings. The standard InChI is InChI=1S/C15H26N2O.ClH/c18-15(12-7-4-8-16-10-12)17-14-9-13(14)11-5-2-1-3-6-11;/h11-14,16H,1-10H2,(H,17,18);1H. The fourth-order valence-corrected chi connectivity index (χ4v) is 3.84. The Kier molecular flexibility index (Phi) is 5.52. The van der Waals surface area contributed by atoms with E-state index in [9.17, 15) is 4.79 Å². The van der Waals surface area contributed by atoms with Crippen LogP contribution in [0.1, 0.15) is 51.4 Å². The van der Waals surface area contributed by atoms with Gasteiger partial charge in [-0.15, -0.1) is 12.4 Å². The van der Waals surface area contributed by atoms with Crippen LogP contribution >= 0.6 is 12.4 Å². The molecule has 1 saturated heterocycles. The number of halogens is 1. The molecule has 2 saturated carbocycles. The first-order valence-electron chi connectivity index (χ1n) is 7.85. The predicted octanol–water partition coefficient (Wildman–Crippen LogP) is 2.49. The van der Waals surface area contributed by atoms with E-state index in [0.29, 0.717) is 11.9 Å². The Morgan fingerprint density at radius 2 is 1.84 bits per heavy atom. The maximum atomic E-state index is 12.1. The lowest BCUT2D eigenvalue weighted by Crippen LogP contribution is -2.41. The van der Waals surface area contributed by atoms with Gasteiger partial charge in [-0.2, -0.15) is 0 Å². The molecule has 0 bridgehead atoms. The van der Waals surface area contributed by atoms with Crippen molar-refractivity contribution in [2.75, 3.05) is 13.1 Å². The molecule has 1 heterocycles. The van der Waals surface area contributed by atoms with Gasteiger partial charge in [0.1, 0.15) is 0 Å². The van der Waals surface area contributed by atoms with E-state index in [-0.39, 0.29) is 18.3 Å². The molecule has 3 atom stereocenters. The number of hydrogen-bond donors (Lipinski definition) is 2. The lowest BCUT2D eigenvalue weighted by molar-refractivity contribution is -0.125. The predicted molar refractivity (Wildman–Crippen MR) is 79.5 cm³/mol. The third-order valence-electron chi connectivity index (χ3n) is 5.09. The molecule has 3 aliphatic rings. The van der Waals surface area contributed by atoms with Crippen molar-refractivity contribution in [2.45, 2.75) is 57.4 Å². The zero-order valence-corrected chi connectivity index (χ0v) is 12.5. The Morgan fingerprint density at radius 3 is 2.53 bits per heavy atom. The Bertz CT molecular complexity index is 299. The molecule has 1 aliphatic heterocycles. The number of hydrogen-bond acceptors (Lipinski definition) is 2. The van der Waals surface area contributed by atoms with Gasteiger partial charge in [-0.3, -0.25) is 4.79 Å². The molecule has 0 aromatic carbocycles. The van der Waals surface area contributed by atoms with Crippen molar-refractivity contribution in [3.8, 4) is 0 Å². The van der Waals surface area contributed by atoms with Crippen LogP contribution in [0.3, 0.4) is 0 Å². The van der Waals surface area contributed by atoms with Crippen LogP contribution in [-0.4, -0.2) is 25.0 Å². The summed E-state index contributed by atoms with van der Waals surface area (Å²) in [5, 5.41) is 6.62. The first kappa shape index (κ1) is 15.1. The molecule has 19 heavy (non-hydrogen) atoms. The molecule has 110 valence electrons. The van der Waals surface area contributed by atoms with Crippen molar-refractivity contribution in [2.24, 2.45) is 17.8 Å². The molecule has 0 aromatic heterocycles. The summed E-state index contributed by atoms with van der Waals surface area (Å²) in [5.74, 6) is 2.26. The van der Waals surface area contributed by atoms with Gasteiger partial charge in [0.25, 0.3) is 0 Å². The monoisotopic (exact) mass is 286 g/mol. The number of rotatable bonds is 3. The summed E-state index contributed by atoms with van der Waals surface area (Å²) in [6.07, 6.45) is 10.5. The molecule has 4 heteroatoms. The quantitative estimate of drug-likeness (QED) is 0.837. The van der Waals surface area contributed by atoms with Crippen molar-refractivity contribution < 1.29 is 4.79 Å². The van der Waals surface area contributed by atoms with E-state index in [1.165, 1.54) is 38.5 Å². The van der Waals surface area contributed by atoms with E-state index < -0.39 is 0 Å². The molecular weight excluding hydrogens is 260 g/mol. The van der Waals surface area contributed by atoms with Crippen molar-refractivity contribution >= 4 is 18.3 Å². The van der Waals surface area contributed by atoms with Gasteiger partial charge in [0.2, 0.25) is 5.91 Å². The van der Waals surface area contributed by atoms with Gasteiger partial charge in [-0.1, -0.05) is 32.1 Å². The third kappa shape index (κ3) is 3.85. The van der Waals surface area contributed by atoms with Gasteiger partial charge in [0, 0.05) is 12.6 Å². The highest BCUT2D eigenvalue weighted by Gasteiger charge is 2.44. The van der Waals surface area contributed by atoms with Crippen LogP contribution in [0.4, 0.5) is 0 Å². The number of amides is 1. The van der Waals surface area contributed by atoms with Gasteiger partial charge in [-0.05, 0) is 37.6 Å². The minimum atomic E-state index is 0. The lowest BCUT2D eigenvalue weighted by atomic mass is 9.85. The third-order valence-corrected chi connectivity index (χ3v) is 5.09. The second kappa shape index (κ2) is 6.94. The van der Waals surface area contributed by atoms with Gasteiger partial charge < -0.3 is 10.6 Å². The van der Waals surface area contributed by atoms with E-state index in [4.69, 9.17) is 0 Å². The highest BCUT2D eigenvalue weighted by molar-refractivity contribution is 5.85. The van der Waals surface area contributed by atoms with E-state index in [1.54, 1.807) is 0 Å².